The van der Waals surface area contributed by atoms with E-state index in [1.54, 1.807) is 19.2 Å². The summed E-state index contributed by atoms with van der Waals surface area (Å²) in [6.07, 6.45) is 3.27. The van der Waals surface area contributed by atoms with E-state index in [0.717, 1.165) is 24.2 Å². The van der Waals surface area contributed by atoms with E-state index in [9.17, 15) is 8.42 Å². The Balaban J connectivity index is 1.69. The van der Waals surface area contributed by atoms with Gasteiger partial charge in [-0.2, -0.15) is 4.31 Å². The fraction of sp³-hybridized carbons (Fsp3) is 0.450. The van der Waals surface area contributed by atoms with Crippen molar-refractivity contribution in [2.45, 2.75) is 23.8 Å². The smallest absolute Gasteiger partial charge is 0.244 e. The summed E-state index contributed by atoms with van der Waals surface area (Å²) in [5, 5.41) is 3.31. The molecular weight excluding hydrogens is 376 g/mol. The largest absolute Gasteiger partial charge is 0.497 e. The van der Waals surface area contributed by atoms with Gasteiger partial charge in [0.15, 0.2) is 0 Å². The number of ether oxygens (including phenoxy) is 1. The first kappa shape index (κ1) is 20.6. The number of nitrogens with one attached hydrogen (secondary N) is 1. The van der Waals surface area contributed by atoms with E-state index in [1.807, 2.05) is 32.3 Å². The molecule has 8 heteroatoms. The normalized spacial score (nSPS) is 16.3. The van der Waals surface area contributed by atoms with E-state index in [1.165, 1.54) is 10.5 Å². The van der Waals surface area contributed by atoms with Crippen molar-refractivity contribution in [3.05, 3.63) is 48.2 Å². The molecule has 0 amide bonds. The minimum absolute atomic E-state index is 0.116. The Labute approximate surface area is 167 Å². The highest BCUT2D eigenvalue weighted by molar-refractivity contribution is 7.89. The zero-order chi connectivity index (χ0) is 20.1. The first-order valence-electron chi connectivity index (χ1n) is 9.42. The Morgan fingerprint density at radius 1 is 1.21 bits per heavy atom. The standard InChI is InChI=1S/C20H28N4O3S/c1-23(2)19(16-7-6-8-17(13-16)27-3)15-22-20-10-9-18(14-21-20)28(25,26)24-11-4-5-12-24/h6-10,13-14,19H,4-5,11-12,15H2,1-3H3,(H,21,22). The highest BCUT2D eigenvalue weighted by Gasteiger charge is 2.27. The summed E-state index contributed by atoms with van der Waals surface area (Å²) in [4.78, 5) is 6.68. The maximum Gasteiger partial charge on any atom is 0.244 e. The Kier molecular flexibility index (Phi) is 6.53. The molecule has 1 atom stereocenters. The van der Waals surface area contributed by atoms with Crippen LogP contribution in [-0.4, -0.2) is 63.4 Å². The van der Waals surface area contributed by atoms with Crippen molar-refractivity contribution in [2.75, 3.05) is 46.2 Å². The lowest BCUT2D eigenvalue weighted by Crippen LogP contribution is -2.28. The van der Waals surface area contributed by atoms with Crippen molar-refractivity contribution in [1.82, 2.24) is 14.2 Å². The van der Waals surface area contributed by atoms with Crippen molar-refractivity contribution in [3.8, 4) is 5.75 Å². The third kappa shape index (κ3) is 4.63. The van der Waals surface area contributed by atoms with Gasteiger partial charge in [0.05, 0.1) is 13.2 Å². The van der Waals surface area contributed by atoms with Gasteiger partial charge in [0.2, 0.25) is 10.0 Å². The van der Waals surface area contributed by atoms with Crippen LogP contribution >= 0.6 is 0 Å². The number of aromatic nitrogens is 1. The van der Waals surface area contributed by atoms with Crippen LogP contribution in [0.5, 0.6) is 5.75 Å². The number of likely N-dealkylation sites (N-methyl/N-ethyl adjacent to an activating group) is 1. The molecule has 1 aliphatic heterocycles. The Morgan fingerprint density at radius 2 is 1.96 bits per heavy atom. The lowest BCUT2D eigenvalue weighted by atomic mass is 10.1. The molecule has 28 heavy (non-hydrogen) atoms. The molecule has 1 aromatic carbocycles. The molecular formula is C20H28N4O3S. The van der Waals surface area contributed by atoms with Gasteiger partial charge in [-0.3, -0.25) is 0 Å². The predicted molar refractivity (Wildman–Crippen MR) is 110 cm³/mol. The van der Waals surface area contributed by atoms with Crippen LogP contribution in [0.2, 0.25) is 0 Å². The SMILES string of the molecule is COc1cccc(C(CNc2ccc(S(=O)(=O)N3CCCC3)cn2)N(C)C)c1. The highest BCUT2D eigenvalue weighted by atomic mass is 32.2. The summed E-state index contributed by atoms with van der Waals surface area (Å²) in [5.41, 5.74) is 1.13. The lowest BCUT2D eigenvalue weighted by molar-refractivity contribution is 0.310. The van der Waals surface area contributed by atoms with Crippen LogP contribution < -0.4 is 10.1 Å². The quantitative estimate of drug-likeness (QED) is 0.729. The fourth-order valence-corrected chi connectivity index (χ4v) is 4.83. The molecule has 1 saturated heterocycles. The van der Waals surface area contributed by atoms with E-state index >= 15 is 0 Å². The lowest BCUT2D eigenvalue weighted by Gasteiger charge is -2.25. The molecule has 0 radical (unpaired) electrons. The molecule has 0 bridgehead atoms. The molecule has 7 nitrogen and oxygen atoms in total. The van der Waals surface area contributed by atoms with Gasteiger partial charge < -0.3 is 15.0 Å². The molecule has 3 rings (SSSR count). The second-order valence-electron chi connectivity index (χ2n) is 7.13. The minimum atomic E-state index is -3.43. The molecule has 0 aliphatic carbocycles. The molecule has 2 aromatic rings. The molecule has 1 unspecified atom stereocenters. The Bertz CT molecular complexity index is 879. The average molecular weight is 405 g/mol. The number of nitrogens with zero attached hydrogens (tertiary/aromatic N) is 3. The summed E-state index contributed by atoms with van der Waals surface area (Å²) in [5.74, 6) is 1.47. The van der Waals surface area contributed by atoms with Gasteiger partial charge in [0.25, 0.3) is 0 Å². The number of hydrogen-bond acceptors (Lipinski definition) is 6. The molecule has 2 heterocycles. The first-order chi connectivity index (χ1) is 13.4. The monoisotopic (exact) mass is 404 g/mol. The fourth-order valence-electron chi connectivity index (χ4n) is 3.36. The number of hydrogen-bond donors (Lipinski definition) is 1. The second kappa shape index (κ2) is 8.89. The van der Waals surface area contributed by atoms with Crippen LogP contribution in [0.15, 0.2) is 47.5 Å². The first-order valence-corrected chi connectivity index (χ1v) is 10.9. The topological polar surface area (TPSA) is 74.8 Å². The highest BCUT2D eigenvalue weighted by Crippen LogP contribution is 2.24. The van der Waals surface area contributed by atoms with Crippen molar-refractivity contribution in [2.24, 2.45) is 0 Å². The van der Waals surface area contributed by atoms with Crippen molar-refractivity contribution in [3.63, 3.8) is 0 Å². The van der Waals surface area contributed by atoms with Gasteiger partial charge in [-0.25, -0.2) is 13.4 Å². The van der Waals surface area contributed by atoms with Crippen LogP contribution in [0.4, 0.5) is 5.82 Å². The number of anilines is 1. The van der Waals surface area contributed by atoms with Crippen molar-refractivity contribution >= 4 is 15.8 Å². The van der Waals surface area contributed by atoms with Gasteiger partial charge in [0, 0.05) is 25.8 Å². The third-order valence-corrected chi connectivity index (χ3v) is 6.90. The van der Waals surface area contributed by atoms with Gasteiger partial charge >= 0.3 is 0 Å². The molecule has 0 spiro atoms. The molecule has 152 valence electrons. The number of methoxy groups -OCH3 is 1. The van der Waals surface area contributed by atoms with Crippen LogP contribution in [0.3, 0.4) is 0 Å². The molecule has 0 saturated carbocycles. The zero-order valence-corrected chi connectivity index (χ0v) is 17.4. The molecule has 1 N–H and O–H groups in total. The van der Waals surface area contributed by atoms with E-state index in [4.69, 9.17) is 4.74 Å². The minimum Gasteiger partial charge on any atom is -0.497 e. The van der Waals surface area contributed by atoms with Crippen LogP contribution in [0.1, 0.15) is 24.4 Å². The van der Waals surface area contributed by atoms with Crippen molar-refractivity contribution in [1.29, 1.82) is 0 Å². The summed E-state index contributed by atoms with van der Waals surface area (Å²) in [6, 6.07) is 11.4. The predicted octanol–water partition coefficient (Wildman–Crippen LogP) is 2.59. The van der Waals surface area contributed by atoms with Crippen LogP contribution in [-0.2, 0) is 10.0 Å². The van der Waals surface area contributed by atoms with Gasteiger partial charge in [0.1, 0.15) is 16.5 Å². The maximum absolute atomic E-state index is 12.6. The second-order valence-corrected chi connectivity index (χ2v) is 9.07. The van der Waals surface area contributed by atoms with Gasteiger partial charge in [-0.1, -0.05) is 12.1 Å². The molecule has 1 aromatic heterocycles. The van der Waals surface area contributed by atoms with Crippen LogP contribution in [0, 0.1) is 0 Å². The summed E-state index contributed by atoms with van der Waals surface area (Å²) in [7, 11) is 2.26. The van der Waals surface area contributed by atoms with E-state index in [-0.39, 0.29) is 10.9 Å². The number of pyridine rings is 1. The molecule has 1 fully saturated rings. The summed E-state index contributed by atoms with van der Waals surface area (Å²) in [6.45, 7) is 1.81. The maximum atomic E-state index is 12.6. The number of sulfonamides is 1. The Hall–Kier alpha value is -2.16. The van der Waals surface area contributed by atoms with Crippen molar-refractivity contribution < 1.29 is 13.2 Å². The summed E-state index contributed by atoms with van der Waals surface area (Å²) < 4.78 is 32.0. The Morgan fingerprint density at radius 3 is 2.57 bits per heavy atom. The van der Waals surface area contributed by atoms with Crippen LogP contribution in [0.25, 0.3) is 0 Å². The zero-order valence-electron chi connectivity index (χ0n) is 16.6. The van der Waals surface area contributed by atoms with Gasteiger partial charge in [-0.15, -0.1) is 0 Å². The van der Waals surface area contributed by atoms with Gasteiger partial charge in [-0.05, 0) is 56.8 Å². The van der Waals surface area contributed by atoms with E-state index in [2.05, 4.69) is 21.3 Å². The number of rotatable bonds is 8. The molecule has 1 aliphatic rings. The number of benzene rings is 1. The summed E-state index contributed by atoms with van der Waals surface area (Å²) >= 11 is 0. The third-order valence-electron chi connectivity index (χ3n) is 5.02. The van der Waals surface area contributed by atoms with E-state index in [0.29, 0.717) is 25.5 Å². The average Bonchev–Trinajstić information content (AvgIpc) is 3.24. The van der Waals surface area contributed by atoms with E-state index < -0.39 is 10.0 Å².